The fourth-order valence-electron chi connectivity index (χ4n) is 3.01. The number of amides is 1. The second-order valence-corrected chi connectivity index (χ2v) is 7.37. The van der Waals surface area contributed by atoms with Crippen molar-refractivity contribution >= 4 is 40.0 Å². The van der Waals surface area contributed by atoms with Crippen molar-refractivity contribution in [1.29, 1.82) is 5.26 Å². The van der Waals surface area contributed by atoms with Crippen LogP contribution >= 0.6 is 11.6 Å². The second kappa shape index (κ2) is 8.28. The van der Waals surface area contributed by atoms with E-state index < -0.39 is 5.91 Å². The molecular weight excluding hydrogens is 372 g/mol. The number of aryl methyl sites for hydroxylation is 1. The molecular formula is C22H21ClN4O. The lowest BCUT2D eigenvalue weighted by atomic mass is 10.1. The molecule has 0 unspecified atom stereocenters. The number of rotatable bonds is 5. The number of carbonyl (C=O) groups excluding carboxylic acids is 1. The van der Waals surface area contributed by atoms with Crippen molar-refractivity contribution in [3.05, 3.63) is 64.4 Å². The lowest BCUT2D eigenvalue weighted by Crippen LogP contribution is -2.13. The highest BCUT2D eigenvalue weighted by atomic mass is 35.5. The highest BCUT2D eigenvalue weighted by molar-refractivity contribution is 6.31. The van der Waals surface area contributed by atoms with E-state index in [9.17, 15) is 10.1 Å². The van der Waals surface area contributed by atoms with Gasteiger partial charge < -0.3 is 5.32 Å². The minimum atomic E-state index is -0.481. The number of hydrogen-bond donors (Lipinski definition) is 1. The molecule has 0 spiro atoms. The van der Waals surface area contributed by atoms with Crippen LogP contribution in [-0.4, -0.2) is 15.7 Å². The standard InChI is InChI=1S/C22H21ClN4O/c1-14(2)13-27-21(23)19(15(3)26-27)11-17(12-24)22(28)25-20-10-6-8-16-7-4-5-9-18(16)20/h4-11,14H,13H2,1-3H3,(H,25,28)/b17-11+. The van der Waals surface area contributed by atoms with Gasteiger partial charge in [0.2, 0.25) is 0 Å². The lowest BCUT2D eigenvalue weighted by Gasteiger charge is -2.08. The van der Waals surface area contributed by atoms with E-state index in [1.54, 1.807) is 4.68 Å². The number of fused-ring (bicyclic) bond motifs is 1. The Morgan fingerprint density at radius 2 is 2.00 bits per heavy atom. The first-order valence-corrected chi connectivity index (χ1v) is 9.42. The molecule has 0 atom stereocenters. The summed E-state index contributed by atoms with van der Waals surface area (Å²) in [6, 6.07) is 15.4. The summed E-state index contributed by atoms with van der Waals surface area (Å²) < 4.78 is 1.70. The van der Waals surface area contributed by atoms with Crippen LogP contribution < -0.4 is 5.32 Å². The first kappa shape index (κ1) is 19.7. The van der Waals surface area contributed by atoms with Gasteiger partial charge in [-0.1, -0.05) is 61.8 Å². The third kappa shape index (κ3) is 4.08. The van der Waals surface area contributed by atoms with E-state index in [4.69, 9.17) is 11.6 Å². The number of nitriles is 1. The smallest absolute Gasteiger partial charge is 0.266 e. The molecule has 3 aromatic rings. The number of nitrogens with zero attached hydrogens (tertiary/aromatic N) is 3. The highest BCUT2D eigenvalue weighted by Gasteiger charge is 2.17. The summed E-state index contributed by atoms with van der Waals surface area (Å²) in [4.78, 5) is 12.7. The van der Waals surface area contributed by atoms with Crippen molar-refractivity contribution in [2.24, 2.45) is 5.92 Å². The predicted octanol–water partition coefficient (Wildman–Crippen LogP) is 5.20. The number of nitrogens with one attached hydrogen (secondary N) is 1. The zero-order chi connectivity index (χ0) is 20.3. The van der Waals surface area contributed by atoms with Crippen LogP contribution in [0.2, 0.25) is 5.15 Å². The molecule has 28 heavy (non-hydrogen) atoms. The zero-order valence-electron chi connectivity index (χ0n) is 16.0. The summed E-state index contributed by atoms with van der Waals surface area (Å²) in [5.41, 5.74) is 1.90. The molecule has 0 fully saturated rings. The quantitative estimate of drug-likeness (QED) is 0.479. The Balaban J connectivity index is 1.92. The van der Waals surface area contributed by atoms with Crippen molar-refractivity contribution < 1.29 is 4.79 Å². The lowest BCUT2D eigenvalue weighted by molar-refractivity contribution is -0.112. The highest BCUT2D eigenvalue weighted by Crippen LogP contribution is 2.26. The van der Waals surface area contributed by atoms with Gasteiger partial charge in [-0.15, -0.1) is 0 Å². The van der Waals surface area contributed by atoms with Gasteiger partial charge in [0.15, 0.2) is 0 Å². The Hall–Kier alpha value is -3.10. The van der Waals surface area contributed by atoms with Crippen molar-refractivity contribution in [1.82, 2.24) is 9.78 Å². The minimum Gasteiger partial charge on any atom is -0.321 e. The Labute approximate surface area is 169 Å². The average Bonchev–Trinajstić information content (AvgIpc) is 2.92. The van der Waals surface area contributed by atoms with Crippen molar-refractivity contribution in [3.63, 3.8) is 0 Å². The van der Waals surface area contributed by atoms with E-state index >= 15 is 0 Å². The summed E-state index contributed by atoms with van der Waals surface area (Å²) in [6.07, 6.45) is 1.50. The largest absolute Gasteiger partial charge is 0.321 e. The Kier molecular flexibility index (Phi) is 5.81. The van der Waals surface area contributed by atoms with Crippen molar-refractivity contribution in [3.8, 4) is 6.07 Å². The molecule has 0 aliphatic heterocycles. The first-order valence-electron chi connectivity index (χ1n) is 9.04. The Bertz CT molecular complexity index is 1100. The van der Waals surface area contributed by atoms with Gasteiger partial charge in [0.05, 0.1) is 5.69 Å². The fourth-order valence-corrected chi connectivity index (χ4v) is 3.31. The van der Waals surface area contributed by atoms with E-state index in [1.807, 2.05) is 55.5 Å². The summed E-state index contributed by atoms with van der Waals surface area (Å²) in [5.74, 6) is -0.107. The van der Waals surface area contributed by atoms with Crippen LogP contribution in [0.4, 0.5) is 5.69 Å². The normalized spacial score (nSPS) is 11.6. The maximum atomic E-state index is 12.7. The monoisotopic (exact) mass is 392 g/mol. The molecule has 1 amide bonds. The first-order chi connectivity index (χ1) is 13.4. The number of benzene rings is 2. The van der Waals surface area contributed by atoms with Crippen LogP contribution in [0, 0.1) is 24.2 Å². The van der Waals surface area contributed by atoms with Crippen LogP contribution in [0.25, 0.3) is 16.8 Å². The maximum Gasteiger partial charge on any atom is 0.266 e. The van der Waals surface area contributed by atoms with E-state index in [-0.39, 0.29) is 5.57 Å². The van der Waals surface area contributed by atoms with Gasteiger partial charge in [0.1, 0.15) is 16.8 Å². The molecule has 142 valence electrons. The van der Waals surface area contributed by atoms with Gasteiger partial charge in [-0.25, -0.2) is 0 Å². The maximum absolute atomic E-state index is 12.7. The van der Waals surface area contributed by atoms with E-state index in [0.29, 0.717) is 34.6 Å². The molecule has 2 aromatic carbocycles. The van der Waals surface area contributed by atoms with Crippen LogP contribution in [0.1, 0.15) is 25.1 Å². The molecule has 5 nitrogen and oxygen atoms in total. The number of carbonyl (C=O) groups is 1. The zero-order valence-corrected chi connectivity index (χ0v) is 16.8. The molecule has 1 aromatic heterocycles. The summed E-state index contributed by atoms with van der Waals surface area (Å²) >= 11 is 6.43. The van der Waals surface area contributed by atoms with Gasteiger partial charge in [0, 0.05) is 23.2 Å². The Morgan fingerprint density at radius 3 is 2.71 bits per heavy atom. The van der Waals surface area contributed by atoms with Crippen LogP contribution in [-0.2, 0) is 11.3 Å². The SMILES string of the molecule is Cc1nn(CC(C)C)c(Cl)c1/C=C(\C#N)C(=O)Nc1cccc2ccccc12. The van der Waals surface area contributed by atoms with E-state index in [1.165, 1.54) is 6.08 Å². The number of hydrogen-bond acceptors (Lipinski definition) is 3. The van der Waals surface area contributed by atoms with Gasteiger partial charge >= 0.3 is 0 Å². The van der Waals surface area contributed by atoms with Gasteiger partial charge in [-0.3, -0.25) is 9.48 Å². The van der Waals surface area contributed by atoms with Crippen LogP contribution in [0.15, 0.2) is 48.0 Å². The molecule has 6 heteroatoms. The number of halogens is 1. The van der Waals surface area contributed by atoms with Crippen molar-refractivity contribution in [2.75, 3.05) is 5.32 Å². The molecule has 0 bridgehead atoms. The van der Waals surface area contributed by atoms with Gasteiger partial charge in [0.25, 0.3) is 5.91 Å². The number of aromatic nitrogens is 2. The number of anilines is 1. The fraction of sp³-hybridized carbons (Fsp3) is 0.227. The predicted molar refractivity (Wildman–Crippen MR) is 113 cm³/mol. The van der Waals surface area contributed by atoms with Gasteiger partial charge in [-0.2, -0.15) is 10.4 Å². The van der Waals surface area contributed by atoms with Gasteiger partial charge in [-0.05, 0) is 30.4 Å². The second-order valence-electron chi connectivity index (χ2n) is 7.02. The van der Waals surface area contributed by atoms with E-state index in [0.717, 1.165) is 10.8 Å². The summed E-state index contributed by atoms with van der Waals surface area (Å²) in [5, 5.41) is 19.1. The average molecular weight is 393 g/mol. The third-order valence-electron chi connectivity index (χ3n) is 4.34. The molecule has 3 rings (SSSR count). The summed E-state index contributed by atoms with van der Waals surface area (Å²) in [7, 11) is 0. The molecule has 0 saturated carbocycles. The minimum absolute atomic E-state index is 0.0259. The molecule has 0 aliphatic rings. The van der Waals surface area contributed by atoms with Crippen molar-refractivity contribution in [2.45, 2.75) is 27.3 Å². The van der Waals surface area contributed by atoms with Crippen LogP contribution in [0.3, 0.4) is 0 Å². The molecule has 0 radical (unpaired) electrons. The molecule has 1 N–H and O–H groups in total. The molecule has 1 heterocycles. The third-order valence-corrected chi connectivity index (χ3v) is 4.74. The molecule has 0 aliphatic carbocycles. The summed E-state index contributed by atoms with van der Waals surface area (Å²) in [6.45, 7) is 6.62. The van der Waals surface area contributed by atoms with Crippen LogP contribution in [0.5, 0.6) is 0 Å². The molecule has 0 saturated heterocycles. The Morgan fingerprint density at radius 1 is 1.29 bits per heavy atom. The topological polar surface area (TPSA) is 70.7 Å². The van der Waals surface area contributed by atoms with E-state index in [2.05, 4.69) is 24.3 Å².